The van der Waals surface area contributed by atoms with Gasteiger partial charge in [-0.05, 0) is 71.5 Å². The Bertz CT molecular complexity index is 1250. The SMILES string of the molecule is CN(C)S(O)(O)c1ccc(-c2ccc(F)c(CC(=O)C3(c4ccc5c(c4)OCO5)CC3)c2)cc1. The van der Waals surface area contributed by atoms with Gasteiger partial charge in [0.05, 0.1) is 10.3 Å². The van der Waals surface area contributed by atoms with Crippen LogP contribution in [0, 0.1) is 5.82 Å². The average molecular weight is 484 g/mol. The molecule has 1 heterocycles. The summed E-state index contributed by atoms with van der Waals surface area (Å²) in [4.78, 5) is 13.7. The molecule has 1 fully saturated rings. The summed E-state index contributed by atoms with van der Waals surface area (Å²) in [7, 11) is 0.165. The second-order valence-electron chi connectivity index (χ2n) is 8.91. The molecule has 6 nitrogen and oxygen atoms in total. The number of hydrogen-bond acceptors (Lipinski definition) is 6. The fourth-order valence-corrected chi connectivity index (χ4v) is 5.24. The van der Waals surface area contributed by atoms with Gasteiger partial charge in [-0.1, -0.05) is 24.3 Å². The molecule has 1 aliphatic carbocycles. The van der Waals surface area contributed by atoms with Gasteiger partial charge in [0, 0.05) is 20.5 Å². The molecule has 0 bridgehead atoms. The normalized spacial score (nSPS) is 16.5. The van der Waals surface area contributed by atoms with Crippen LogP contribution in [-0.2, 0) is 16.6 Å². The maximum absolute atomic E-state index is 14.7. The molecule has 0 unspecified atom stereocenters. The fraction of sp³-hybridized carbons (Fsp3) is 0.269. The molecule has 0 aromatic heterocycles. The lowest BCUT2D eigenvalue weighted by Gasteiger charge is -2.38. The number of ketones is 1. The Hall–Kier alpha value is -2.91. The first-order valence-corrected chi connectivity index (χ1v) is 12.5. The lowest BCUT2D eigenvalue weighted by Crippen LogP contribution is -2.23. The summed E-state index contributed by atoms with van der Waals surface area (Å²) >= 11 is 0. The largest absolute Gasteiger partial charge is 0.454 e. The van der Waals surface area contributed by atoms with E-state index in [0.29, 0.717) is 22.0 Å². The summed E-state index contributed by atoms with van der Waals surface area (Å²) in [5.74, 6) is 0.873. The first-order valence-electron chi connectivity index (χ1n) is 11.0. The van der Waals surface area contributed by atoms with E-state index < -0.39 is 22.0 Å². The second kappa shape index (κ2) is 8.39. The van der Waals surface area contributed by atoms with Gasteiger partial charge in [0.15, 0.2) is 11.5 Å². The third kappa shape index (κ3) is 3.96. The minimum Gasteiger partial charge on any atom is -0.454 e. The molecule has 34 heavy (non-hydrogen) atoms. The van der Waals surface area contributed by atoms with Crippen LogP contribution < -0.4 is 9.47 Å². The van der Waals surface area contributed by atoms with Crippen LogP contribution in [0.3, 0.4) is 0 Å². The number of benzene rings is 3. The number of fused-ring (bicyclic) bond motifs is 1. The molecule has 1 saturated carbocycles. The molecule has 0 atom stereocenters. The van der Waals surface area contributed by atoms with Crippen molar-refractivity contribution >= 4 is 16.6 Å². The van der Waals surface area contributed by atoms with Crippen molar-refractivity contribution in [3.63, 3.8) is 0 Å². The standard InChI is InChI=1S/C26H26FNO5S/c1-28(2)34(30,31)21-7-3-17(4-8-21)18-5-9-22(27)19(13-18)14-25(29)26(11-12-26)20-6-10-23-24(15-20)33-16-32-23/h3-10,13,15,30-31H,11-12,14,16H2,1-2H3. The minimum atomic E-state index is -3.03. The summed E-state index contributed by atoms with van der Waals surface area (Å²) in [5, 5.41) is 0. The highest BCUT2D eigenvalue weighted by atomic mass is 32.3. The zero-order valence-electron chi connectivity index (χ0n) is 19.0. The van der Waals surface area contributed by atoms with Crippen molar-refractivity contribution in [1.29, 1.82) is 0 Å². The summed E-state index contributed by atoms with van der Waals surface area (Å²) in [6.45, 7) is 0.173. The van der Waals surface area contributed by atoms with Gasteiger partial charge in [-0.15, -0.1) is 10.8 Å². The number of nitrogens with zero attached hydrogens (tertiary/aromatic N) is 1. The van der Waals surface area contributed by atoms with Crippen molar-refractivity contribution in [3.8, 4) is 22.6 Å². The van der Waals surface area contributed by atoms with E-state index in [1.54, 1.807) is 50.5 Å². The second-order valence-corrected chi connectivity index (χ2v) is 11.2. The van der Waals surface area contributed by atoms with Crippen molar-refractivity contribution in [3.05, 3.63) is 77.6 Å². The van der Waals surface area contributed by atoms with Crippen molar-refractivity contribution in [2.45, 2.75) is 29.6 Å². The van der Waals surface area contributed by atoms with Gasteiger partial charge in [-0.2, -0.15) is 0 Å². The van der Waals surface area contributed by atoms with Gasteiger partial charge < -0.3 is 9.47 Å². The predicted molar refractivity (Wildman–Crippen MR) is 129 cm³/mol. The molecule has 178 valence electrons. The predicted octanol–water partition coefficient (Wildman–Crippen LogP) is 5.65. The number of carbonyl (C=O) groups is 1. The van der Waals surface area contributed by atoms with Crippen LogP contribution >= 0.6 is 10.8 Å². The zero-order chi connectivity index (χ0) is 24.1. The summed E-state index contributed by atoms with van der Waals surface area (Å²) in [6, 6.07) is 17.1. The third-order valence-corrected chi connectivity index (χ3v) is 8.54. The van der Waals surface area contributed by atoms with Gasteiger partial charge in [0.25, 0.3) is 0 Å². The van der Waals surface area contributed by atoms with Crippen LogP contribution in [-0.4, -0.2) is 40.1 Å². The van der Waals surface area contributed by atoms with Crippen molar-refractivity contribution in [2.24, 2.45) is 0 Å². The van der Waals surface area contributed by atoms with Crippen LogP contribution in [0.5, 0.6) is 11.5 Å². The van der Waals surface area contributed by atoms with E-state index in [-0.39, 0.29) is 19.0 Å². The number of ether oxygens (including phenoxy) is 2. The summed E-state index contributed by atoms with van der Waals surface area (Å²) in [5.41, 5.74) is 2.17. The molecular formula is C26H26FNO5S. The van der Waals surface area contributed by atoms with Crippen molar-refractivity contribution in [2.75, 3.05) is 20.9 Å². The van der Waals surface area contributed by atoms with Crippen molar-refractivity contribution in [1.82, 2.24) is 4.31 Å². The van der Waals surface area contributed by atoms with Gasteiger partial charge in [-0.3, -0.25) is 13.9 Å². The van der Waals surface area contributed by atoms with Gasteiger partial charge >= 0.3 is 0 Å². The molecule has 2 N–H and O–H groups in total. The first-order chi connectivity index (χ1) is 16.2. The number of rotatable bonds is 7. The molecule has 0 amide bonds. The Balaban J connectivity index is 1.38. The highest BCUT2D eigenvalue weighted by molar-refractivity contribution is 8.22. The molecule has 2 aliphatic rings. The Morgan fingerprint density at radius 1 is 0.971 bits per heavy atom. The first kappa shape index (κ1) is 22.9. The molecule has 0 saturated heterocycles. The molecule has 3 aromatic carbocycles. The van der Waals surface area contributed by atoms with E-state index in [9.17, 15) is 18.3 Å². The fourth-order valence-electron chi connectivity index (χ4n) is 4.32. The lowest BCUT2D eigenvalue weighted by atomic mass is 9.87. The molecule has 3 aromatic rings. The molecular weight excluding hydrogens is 457 g/mol. The third-order valence-electron chi connectivity index (χ3n) is 6.62. The molecule has 0 spiro atoms. The Kier molecular flexibility index (Phi) is 5.64. The quantitative estimate of drug-likeness (QED) is 0.452. The number of hydrogen-bond donors (Lipinski definition) is 2. The summed E-state index contributed by atoms with van der Waals surface area (Å²) < 4.78 is 47.5. The topological polar surface area (TPSA) is 79.2 Å². The smallest absolute Gasteiger partial charge is 0.231 e. The van der Waals surface area contributed by atoms with Crippen LogP contribution in [0.25, 0.3) is 11.1 Å². The van der Waals surface area contributed by atoms with Gasteiger partial charge in [-0.25, -0.2) is 8.70 Å². The number of carbonyl (C=O) groups excluding carboxylic acids is 1. The molecule has 0 radical (unpaired) electrons. The number of Topliss-reactive ketones (excluding diaryl/α,β-unsaturated/α-hetero) is 1. The molecule has 8 heteroatoms. The highest BCUT2D eigenvalue weighted by Gasteiger charge is 2.51. The maximum Gasteiger partial charge on any atom is 0.231 e. The van der Waals surface area contributed by atoms with Crippen LogP contribution in [0.2, 0.25) is 0 Å². The van der Waals surface area contributed by atoms with Crippen molar-refractivity contribution < 1.29 is 27.8 Å². The zero-order valence-corrected chi connectivity index (χ0v) is 19.8. The van der Waals surface area contributed by atoms with Gasteiger partial charge in [0.2, 0.25) is 6.79 Å². The van der Waals surface area contributed by atoms with Crippen LogP contribution in [0.15, 0.2) is 65.6 Å². The molecule has 1 aliphatic heterocycles. The van der Waals surface area contributed by atoms with E-state index in [4.69, 9.17) is 9.47 Å². The Morgan fingerprint density at radius 3 is 2.32 bits per heavy atom. The Morgan fingerprint density at radius 2 is 1.65 bits per heavy atom. The van der Waals surface area contributed by atoms with Crippen LogP contribution in [0.1, 0.15) is 24.0 Å². The lowest BCUT2D eigenvalue weighted by molar-refractivity contribution is -0.120. The minimum absolute atomic E-state index is 0.00658. The maximum atomic E-state index is 14.7. The van der Waals surface area contributed by atoms with E-state index in [1.807, 2.05) is 18.2 Å². The highest BCUT2D eigenvalue weighted by Crippen LogP contribution is 2.52. The average Bonchev–Trinajstić information content (AvgIpc) is 3.51. The van der Waals surface area contributed by atoms with E-state index in [2.05, 4.69) is 0 Å². The van der Waals surface area contributed by atoms with E-state index in [0.717, 1.165) is 29.5 Å². The Labute approximate surface area is 199 Å². The molecule has 5 rings (SSSR count). The monoisotopic (exact) mass is 483 g/mol. The van der Waals surface area contributed by atoms with E-state index >= 15 is 0 Å². The van der Waals surface area contributed by atoms with Gasteiger partial charge in [0.1, 0.15) is 11.6 Å². The van der Waals surface area contributed by atoms with Crippen LogP contribution in [0.4, 0.5) is 4.39 Å². The van der Waals surface area contributed by atoms with E-state index in [1.165, 1.54) is 10.4 Å². The summed E-state index contributed by atoms with van der Waals surface area (Å²) in [6.07, 6.45) is 1.45. The number of halogens is 1.